The van der Waals surface area contributed by atoms with E-state index in [4.69, 9.17) is 0 Å². The maximum atomic E-state index is 12.0. The molecule has 4 rings (SSSR count). The molecule has 0 atom stereocenters. The zero-order valence-corrected chi connectivity index (χ0v) is 16.4. The summed E-state index contributed by atoms with van der Waals surface area (Å²) in [5, 5.41) is 6.03. The van der Waals surface area contributed by atoms with E-state index >= 15 is 0 Å². The summed E-state index contributed by atoms with van der Waals surface area (Å²) in [6.45, 7) is 11.2. The van der Waals surface area contributed by atoms with Gasteiger partial charge in [-0.3, -0.25) is 4.79 Å². The summed E-state index contributed by atoms with van der Waals surface area (Å²) in [6.07, 6.45) is 4.35. The molecule has 140 valence electrons. The van der Waals surface area contributed by atoms with Crippen molar-refractivity contribution in [2.75, 3.05) is 13.1 Å². The third-order valence-electron chi connectivity index (χ3n) is 5.76. The molecule has 0 bridgehead atoms. The number of Topliss-reactive ketones (excluding diaryl/α,β-unsaturated/α-hetero) is 1. The van der Waals surface area contributed by atoms with E-state index in [1.165, 1.54) is 44.9 Å². The molecule has 1 aliphatic carbocycles. The monoisotopic (exact) mass is 360 g/mol. The number of allylic oxidation sites excluding steroid dienone is 1. The van der Waals surface area contributed by atoms with E-state index in [0.717, 1.165) is 44.5 Å². The van der Waals surface area contributed by atoms with Crippen molar-refractivity contribution in [3.05, 3.63) is 53.6 Å². The molecule has 0 amide bonds. The molecule has 2 aromatic carbocycles. The highest BCUT2D eigenvalue weighted by molar-refractivity contribution is 6.13. The Hall–Kier alpha value is -2.39. The van der Waals surface area contributed by atoms with Gasteiger partial charge in [0, 0.05) is 33.9 Å². The highest BCUT2D eigenvalue weighted by atomic mass is 16.1. The Bertz CT molecular complexity index is 1040. The molecule has 1 heterocycles. The van der Waals surface area contributed by atoms with Crippen LogP contribution in [0.3, 0.4) is 0 Å². The summed E-state index contributed by atoms with van der Waals surface area (Å²) >= 11 is 0. The molecule has 0 aliphatic heterocycles. The molecule has 0 fully saturated rings. The molecule has 3 nitrogen and oxygen atoms in total. The van der Waals surface area contributed by atoms with Gasteiger partial charge >= 0.3 is 0 Å². The van der Waals surface area contributed by atoms with Gasteiger partial charge in [0.1, 0.15) is 0 Å². The van der Waals surface area contributed by atoms with Crippen LogP contribution in [0.2, 0.25) is 0 Å². The normalized spacial score (nSPS) is 13.6. The van der Waals surface area contributed by atoms with Gasteiger partial charge in [-0.25, -0.2) is 0 Å². The van der Waals surface area contributed by atoms with Crippen LogP contribution in [-0.2, 0) is 13.0 Å². The molecule has 1 aromatic heterocycles. The Morgan fingerprint density at radius 1 is 1.15 bits per heavy atom. The van der Waals surface area contributed by atoms with E-state index in [1.807, 2.05) is 6.07 Å². The van der Waals surface area contributed by atoms with Crippen molar-refractivity contribution in [3.8, 4) is 0 Å². The van der Waals surface area contributed by atoms with Crippen molar-refractivity contribution in [1.29, 1.82) is 0 Å². The molecule has 0 spiro atoms. The summed E-state index contributed by atoms with van der Waals surface area (Å²) < 4.78 is 2.43. The van der Waals surface area contributed by atoms with Crippen LogP contribution in [0.5, 0.6) is 0 Å². The zero-order valence-electron chi connectivity index (χ0n) is 16.4. The molecule has 1 N–H and O–H groups in total. The van der Waals surface area contributed by atoms with E-state index in [2.05, 4.69) is 47.7 Å². The number of carbonyl (C=O) groups is 1. The van der Waals surface area contributed by atoms with E-state index in [1.54, 1.807) is 6.92 Å². The molecular weight excluding hydrogens is 332 g/mol. The van der Waals surface area contributed by atoms with Gasteiger partial charge in [0.15, 0.2) is 5.78 Å². The van der Waals surface area contributed by atoms with Crippen LogP contribution in [0.4, 0.5) is 0 Å². The van der Waals surface area contributed by atoms with Crippen LogP contribution < -0.4 is 5.32 Å². The van der Waals surface area contributed by atoms with Crippen molar-refractivity contribution in [1.82, 2.24) is 9.88 Å². The van der Waals surface area contributed by atoms with E-state index in [9.17, 15) is 4.79 Å². The van der Waals surface area contributed by atoms with E-state index in [0.29, 0.717) is 0 Å². The average molecular weight is 361 g/mol. The Morgan fingerprint density at radius 3 is 2.74 bits per heavy atom. The first-order valence-corrected chi connectivity index (χ1v) is 10.1. The van der Waals surface area contributed by atoms with Crippen LogP contribution in [0.1, 0.15) is 54.6 Å². The maximum Gasteiger partial charge on any atom is 0.159 e. The molecule has 27 heavy (non-hydrogen) atoms. The predicted octanol–water partition coefficient (Wildman–Crippen LogP) is 5.35. The minimum atomic E-state index is 0.124. The van der Waals surface area contributed by atoms with Gasteiger partial charge < -0.3 is 9.88 Å². The topological polar surface area (TPSA) is 34.0 Å². The Morgan fingerprint density at radius 2 is 1.96 bits per heavy atom. The number of rotatable bonds is 7. The number of hydrogen-bond acceptors (Lipinski definition) is 2. The third kappa shape index (κ3) is 3.10. The maximum absolute atomic E-state index is 12.0. The summed E-state index contributed by atoms with van der Waals surface area (Å²) in [5.41, 5.74) is 7.26. The lowest BCUT2D eigenvalue weighted by Crippen LogP contribution is -2.17. The van der Waals surface area contributed by atoms with Crippen molar-refractivity contribution >= 4 is 33.2 Å². The van der Waals surface area contributed by atoms with Crippen LogP contribution in [0.15, 0.2) is 36.9 Å². The van der Waals surface area contributed by atoms with Crippen LogP contribution in [0, 0.1) is 0 Å². The summed E-state index contributed by atoms with van der Waals surface area (Å²) in [6, 6.07) is 10.7. The number of benzene rings is 2. The second-order valence-corrected chi connectivity index (χ2v) is 7.63. The first-order valence-electron chi connectivity index (χ1n) is 10.1. The van der Waals surface area contributed by atoms with Gasteiger partial charge in [-0.2, -0.15) is 0 Å². The average Bonchev–Trinajstić information content (AvgIpc) is 3.19. The first-order chi connectivity index (χ1) is 13.1. The minimum Gasteiger partial charge on any atom is -0.340 e. The summed E-state index contributed by atoms with van der Waals surface area (Å²) in [4.78, 5) is 12.0. The van der Waals surface area contributed by atoms with Gasteiger partial charge in [-0.1, -0.05) is 19.6 Å². The molecule has 0 radical (unpaired) electrons. The Balaban J connectivity index is 1.86. The third-order valence-corrected chi connectivity index (χ3v) is 5.76. The minimum absolute atomic E-state index is 0.124. The fourth-order valence-corrected chi connectivity index (χ4v) is 4.39. The number of nitrogens with zero attached hydrogens (tertiary/aromatic N) is 1. The Labute approximate surface area is 161 Å². The van der Waals surface area contributed by atoms with Gasteiger partial charge in [0.2, 0.25) is 0 Å². The number of hydrogen-bond donors (Lipinski definition) is 1. The molecule has 0 saturated carbocycles. The van der Waals surface area contributed by atoms with Crippen molar-refractivity contribution in [2.45, 2.75) is 46.1 Å². The second kappa shape index (κ2) is 7.32. The van der Waals surface area contributed by atoms with Gasteiger partial charge in [0.05, 0.1) is 0 Å². The molecule has 3 heteroatoms. The summed E-state index contributed by atoms with van der Waals surface area (Å²) in [5.74, 6) is 0.124. The quantitative estimate of drug-likeness (QED) is 0.455. The van der Waals surface area contributed by atoms with E-state index in [-0.39, 0.29) is 5.78 Å². The molecule has 3 aromatic rings. The standard InChI is InChI=1S/C24H28N2O/c1-4-12-25-13-5-14-26-22-10-7-18(17(3)27)15-21(22)24-20-8-6-16(2)19(20)9-11-23(24)26/h7,9-11,15,25H,2,4-6,8,12-14H2,1,3H3. The second-order valence-electron chi connectivity index (χ2n) is 7.63. The number of nitrogens with one attached hydrogen (secondary N) is 1. The summed E-state index contributed by atoms with van der Waals surface area (Å²) in [7, 11) is 0. The molecular formula is C24H28N2O. The number of aromatic nitrogens is 1. The lowest BCUT2D eigenvalue weighted by molar-refractivity contribution is 0.101. The number of aryl methyl sites for hydroxylation is 2. The van der Waals surface area contributed by atoms with E-state index < -0.39 is 0 Å². The highest BCUT2D eigenvalue weighted by Gasteiger charge is 2.22. The largest absolute Gasteiger partial charge is 0.340 e. The predicted molar refractivity (Wildman–Crippen MR) is 115 cm³/mol. The van der Waals surface area contributed by atoms with Crippen LogP contribution in [0.25, 0.3) is 27.4 Å². The molecule has 0 unspecified atom stereocenters. The SMILES string of the molecule is C=C1CCc2c1ccc1c2c2cc(C(C)=O)ccc2n1CCCNCCC. The Kier molecular flexibility index (Phi) is 4.88. The number of fused-ring (bicyclic) bond motifs is 5. The first kappa shape index (κ1) is 18.0. The number of carbonyl (C=O) groups excluding carboxylic acids is 1. The molecule has 1 aliphatic rings. The molecule has 0 saturated heterocycles. The zero-order chi connectivity index (χ0) is 19.0. The fraction of sp³-hybridized carbons (Fsp3) is 0.375. The van der Waals surface area contributed by atoms with Crippen molar-refractivity contribution in [2.24, 2.45) is 0 Å². The van der Waals surface area contributed by atoms with Crippen LogP contribution in [-0.4, -0.2) is 23.4 Å². The smallest absolute Gasteiger partial charge is 0.159 e. The van der Waals surface area contributed by atoms with Gasteiger partial charge in [0.25, 0.3) is 0 Å². The van der Waals surface area contributed by atoms with Crippen molar-refractivity contribution in [3.63, 3.8) is 0 Å². The highest BCUT2D eigenvalue weighted by Crippen LogP contribution is 2.40. The number of ketones is 1. The lowest BCUT2D eigenvalue weighted by atomic mass is 10.0. The fourth-order valence-electron chi connectivity index (χ4n) is 4.39. The van der Waals surface area contributed by atoms with Crippen molar-refractivity contribution < 1.29 is 4.79 Å². The van der Waals surface area contributed by atoms with Gasteiger partial charge in [-0.15, -0.1) is 0 Å². The van der Waals surface area contributed by atoms with Crippen LogP contribution >= 0.6 is 0 Å². The van der Waals surface area contributed by atoms with Gasteiger partial charge in [-0.05, 0) is 86.7 Å². The lowest BCUT2D eigenvalue weighted by Gasteiger charge is -2.09.